The van der Waals surface area contributed by atoms with Gasteiger partial charge in [-0.25, -0.2) is 4.31 Å². The lowest BCUT2D eigenvalue weighted by atomic mass is 10.1. The van der Waals surface area contributed by atoms with Crippen LogP contribution in [0.5, 0.6) is 0 Å². The highest BCUT2D eigenvalue weighted by Gasteiger charge is 2.33. The average molecular weight is 558 g/mol. The van der Waals surface area contributed by atoms with E-state index in [1.165, 1.54) is 19.0 Å². The first-order valence-corrected chi connectivity index (χ1v) is 13.7. The zero-order valence-corrected chi connectivity index (χ0v) is 23.8. The fourth-order valence-electron chi connectivity index (χ4n) is 3.52. The molecule has 2 aromatic carbocycles. The monoisotopic (exact) mass is 556 g/mol. The number of nitrogens with zero attached hydrogens (tertiary/aromatic N) is 3. The van der Waals surface area contributed by atoms with E-state index in [0.717, 1.165) is 20.6 Å². The standard InChI is InChI=1S/C25H34Cl2N4O4S/c1-7-13-28-25(33)19(4)30(15-20-21(26)9-8-10-22(20)27)24(32)16-31(36(34,35)29(5)6)23-14-17(2)11-12-18(23)3/h8-12,14,19H,7,13,15-16H2,1-6H3,(H,28,33)/t19-/m1/s1. The molecule has 198 valence electrons. The molecular weight excluding hydrogens is 523 g/mol. The molecular formula is C25H34Cl2N4O4S. The molecule has 0 aliphatic carbocycles. The number of hydrogen-bond donors (Lipinski definition) is 1. The topological polar surface area (TPSA) is 90.0 Å². The lowest BCUT2D eigenvalue weighted by Gasteiger charge is -2.33. The first kappa shape index (κ1) is 29.9. The number of nitrogens with one attached hydrogen (secondary N) is 1. The SMILES string of the molecule is CCCNC(=O)[C@@H](C)N(Cc1c(Cl)cccc1Cl)C(=O)CN(c1cc(C)ccc1C)S(=O)(=O)N(C)C. The number of anilines is 1. The van der Waals surface area contributed by atoms with Gasteiger partial charge in [-0.2, -0.15) is 12.7 Å². The van der Waals surface area contributed by atoms with Gasteiger partial charge in [0.15, 0.2) is 0 Å². The molecule has 1 N–H and O–H groups in total. The third-order valence-corrected chi connectivity index (χ3v) is 8.27. The summed E-state index contributed by atoms with van der Waals surface area (Å²) < 4.78 is 28.8. The van der Waals surface area contributed by atoms with Crippen molar-refractivity contribution >= 4 is 50.9 Å². The van der Waals surface area contributed by atoms with Crippen molar-refractivity contribution in [3.8, 4) is 0 Å². The molecule has 36 heavy (non-hydrogen) atoms. The Kier molecular flexibility index (Phi) is 10.6. The second kappa shape index (κ2) is 12.8. The Labute approximate surface area is 224 Å². The lowest BCUT2D eigenvalue weighted by molar-refractivity contribution is -0.139. The number of hydrogen-bond acceptors (Lipinski definition) is 4. The van der Waals surface area contributed by atoms with Crippen LogP contribution in [0.4, 0.5) is 5.69 Å². The van der Waals surface area contributed by atoms with Crippen molar-refractivity contribution in [1.29, 1.82) is 0 Å². The van der Waals surface area contributed by atoms with Gasteiger partial charge in [-0.3, -0.25) is 9.59 Å². The predicted molar refractivity (Wildman–Crippen MR) is 146 cm³/mol. The summed E-state index contributed by atoms with van der Waals surface area (Å²) in [6.45, 7) is 7.00. The van der Waals surface area contributed by atoms with Crippen LogP contribution >= 0.6 is 23.2 Å². The second-order valence-corrected chi connectivity index (χ2v) is 11.7. The van der Waals surface area contributed by atoms with Crippen LogP contribution in [0, 0.1) is 13.8 Å². The quantitative estimate of drug-likeness (QED) is 0.449. The minimum absolute atomic E-state index is 0.0687. The highest BCUT2D eigenvalue weighted by molar-refractivity contribution is 7.90. The van der Waals surface area contributed by atoms with Crippen molar-refractivity contribution in [3.05, 3.63) is 63.1 Å². The number of aryl methyl sites for hydroxylation is 2. The zero-order chi connectivity index (χ0) is 27.2. The van der Waals surface area contributed by atoms with E-state index in [-0.39, 0.29) is 12.5 Å². The van der Waals surface area contributed by atoms with Gasteiger partial charge in [0, 0.05) is 42.8 Å². The second-order valence-electron chi connectivity index (χ2n) is 8.78. The zero-order valence-electron chi connectivity index (χ0n) is 21.5. The van der Waals surface area contributed by atoms with E-state index in [1.54, 1.807) is 44.2 Å². The molecule has 0 aliphatic rings. The number of rotatable bonds is 11. The smallest absolute Gasteiger partial charge is 0.304 e. The van der Waals surface area contributed by atoms with Crippen LogP contribution in [0.1, 0.15) is 37.0 Å². The van der Waals surface area contributed by atoms with Crippen molar-refractivity contribution in [3.63, 3.8) is 0 Å². The largest absolute Gasteiger partial charge is 0.354 e. The van der Waals surface area contributed by atoms with E-state index >= 15 is 0 Å². The van der Waals surface area contributed by atoms with Gasteiger partial charge in [0.25, 0.3) is 0 Å². The maximum absolute atomic E-state index is 13.8. The molecule has 2 rings (SSSR count). The van der Waals surface area contributed by atoms with E-state index < -0.39 is 28.7 Å². The number of carbonyl (C=O) groups is 2. The Morgan fingerprint density at radius 3 is 2.22 bits per heavy atom. The summed E-state index contributed by atoms with van der Waals surface area (Å²) in [4.78, 5) is 27.9. The Hall–Kier alpha value is -2.33. The van der Waals surface area contributed by atoms with Crippen molar-refractivity contribution in [2.45, 2.75) is 46.7 Å². The van der Waals surface area contributed by atoms with Crippen LogP contribution in [0.25, 0.3) is 0 Å². The van der Waals surface area contributed by atoms with Gasteiger partial charge in [0.1, 0.15) is 12.6 Å². The van der Waals surface area contributed by atoms with E-state index in [1.807, 2.05) is 19.9 Å². The van der Waals surface area contributed by atoms with Gasteiger partial charge >= 0.3 is 10.2 Å². The molecule has 0 saturated carbocycles. The van der Waals surface area contributed by atoms with E-state index in [9.17, 15) is 18.0 Å². The normalized spacial score (nSPS) is 12.4. The Morgan fingerprint density at radius 2 is 1.67 bits per heavy atom. The number of halogens is 2. The van der Waals surface area contributed by atoms with Crippen LogP contribution in [0.15, 0.2) is 36.4 Å². The predicted octanol–water partition coefficient (Wildman–Crippen LogP) is 4.17. The number of carbonyl (C=O) groups excluding carboxylic acids is 2. The summed E-state index contributed by atoms with van der Waals surface area (Å²) in [6.07, 6.45) is 0.726. The van der Waals surface area contributed by atoms with Gasteiger partial charge in [-0.1, -0.05) is 48.3 Å². The lowest BCUT2D eigenvalue weighted by Crippen LogP contribution is -2.52. The minimum Gasteiger partial charge on any atom is -0.354 e. The van der Waals surface area contributed by atoms with E-state index in [4.69, 9.17) is 23.2 Å². The summed E-state index contributed by atoms with van der Waals surface area (Å²) in [5, 5.41) is 3.48. The third kappa shape index (κ3) is 7.12. The third-order valence-electron chi connectivity index (χ3n) is 5.76. The van der Waals surface area contributed by atoms with Crippen molar-refractivity contribution in [2.75, 3.05) is 31.5 Å². The van der Waals surface area contributed by atoms with Crippen LogP contribution in [-0.4, -0.2) is 62.7 Å². The summed E-state index contributed by atoms with van der Waals surface area (Å²) in [5.74, 6) is -0.932. The Morgan fingerprint density at radius 1 is 1.06 bits per heavy atom. The summed E-state index contributed by atoms with van der Waals surface area (Å²) in [7, 11) is -1.24. The first-order valence-electron chi connectivity index (χ1n) is 11.6. The molecule has 0 fully saturated rings. The summed E-state index contributed by atoms with van der Waals surface area (Å²) in [6, 6.07) is 9.46. The molecule has 0 spiro atoms. The van der Waals surface area contributed by atoms with Crippen LogP contribution in [-0.2, 0) is 26.3 Å². The number of benzene rings is 2. The molecule has 11 heteroatoms. The molecule has 0 bridgehead atoms. The Bertz CT molecular complexity index is 1180. The van der Waals surface area contributed by atoms with Gasteiger partial charge in [0.05, 0.1) is 5.69 Å². The molecule has 8 nitrogen and oxygen atoms in total. The fourth-order valence-corrected chi connectivity index (χ4v) is 5.15. The van der Waals surface area contributed by atoms with Gasteiger partial charge in [-0.05, 0) is 56.5 Å². The highest BCUT2D eigenvalue weighted by atomic mass is 35.5. The molecule has 2 aromatic rings. The maximum atomic E-state index is 13.8. The van der Waals surface area contributed by atoms with Crippen LogP contribution < -0.4 is 9.62 Å². The van der Waals surface area contributed by atoms with Gasteiger partial charge < -0.3 is 10.2 Å². The molecule has 0 heterocycles. The van der Waals surface area contributed by atoms with Crippen molar-refractivity contribution < 1.29 is 18.0 Å². The van der Waals surface area contributed by atoms with Crippen molar-refractivity contribution in [2.24, 2.45) is 0 Å². The minimum atomic E-state index is -4.04. The molecule has 0 unspecified atom stereocenters. The molecule has 1 atom stereocenters. The van der Waals surface area contributed by atoms with Gasteiger partial charge in [0.2, 0.25) is 11.8 Å². The summed E-state index contributed by atoms with van der Waals surface area (Å²) in [5.41, 5.74) is 2.39. The summed E-state index contributed by atoms with van der Waals surface area (Å²) >= 11 is 12.7. The average Bonchev–Trinajstić information content (AvgIpc) is 2.81. The highest BCUT2D eigenvalue weighted by Crippen LogP contribution is 2.28. The van der Waals surface area contributed by atoms with E-state index in [2.05, 4.69) is 5.32 Å². The van der Waals surface area contributed by atoms with Crippen LogP contribution in [0.2, 0.25) is 10.0 Å². The molecule has 0 saturated heterocycles. The molecule has 2 amide bonds. The molecule has 0 radical (unpaired) electrons. The van der Waals surface area contributed by atoms with Gasteiger partial charge in [-0.15, -0.1) is 0 Å². The molecule has 0 aromatic heterocycles. The Balaban J connectivity index is 2.55. The molecule has 0 aliphatic heterocycles. The number of amides is 2. The van der Waals surface area contributed by atoms with E-state index in [0.29, 0.717) is 33.4 Å². The van der Waals surface area contributed by atoms with Crippen LogP contribution in [0.3, 0.4) is 0 Å². The maximum Gasteiger partial charge on any atom is 0.304 e. The fraction of sp³-hybridized carbons (Fsp3) is 0.440. The first-order chi connectivity index (χ1) is 16.8. The van der Waals surface area contributed by atoms with Crippen molar-refractivity contribution in [1.82, 2.24) is 14.5 Å².